The molecule has 0 aliphatic rings. The summed E-state index contributed by atoms with van der Waals surface area (Å²) in [4.78, 5) is 17.4. The first-order chi connectivity index (χ1) is 10.7. The van der Waals surface area contributed by atoms with Crippen LogP contribution < -0.4 is 21.3 Å². The lowest BCUT2D eigenvalue weighted by Gasteiger charge is -2.17. The van der Waals surface area contributed by atoms with E-state index in [4.69, 9.17) is 0 Å². The first kappa shape index (κ1) is 16.3. The third-order valence-corrected chi connectivity index (χ3v) is 4.10. The SMILES string of the molecule is C/C=c1\c(=C/NC)ccc2c(=O)n(C(CC)CCC)cnc12. The smallest absolute Gasteiger partial charge is 0.261 e. The Balaban J connectivity index is 2.77. The molecule has 0 fully saturated rings. The maximum Gasteiger partial charge on any atom is 0.261 e. The van der Waals surface area contributed by atoms with Gasteiger partial charge in [0.25, 0.3) is 5.56 Å². The van der Waals surface area contributed by atoms with Crippen LogP contribution in [0, 0.1) is 0 Å². The van der Waals surface area contributed by atoms with Crippen molar-refractivity contribution < 1.29 is 0 Å². The van der Waals surface area contributed by atoms with Crippen molar-refractivity contribution in [2.24, 2.45) is 0 Å². The van der Waals surface area contributed by atoms with Crippen molar-refractivity contribution in [3.63, 3.8) is 0 Å². The van der Waals surface area contributed by atoms with Crippen molar-refractivity contribution in [1.82, 2.24) is 14.9 Å². The van der Waals surface area contributed by atoms with Crippen LogP contribution in [-0.4, -0.2) is 16.6 Å². The van der Waals surface area contributed by atoms with Crippen LogP contribution >= 0.6 is 0 Å². The van der Waals surface area contributed by atoms with Gasteiger partial charge in [0.2, 0.25) is 0 Å². The third-order valence-electron chi connectivity index (χ3n) is 4.10. The number of rotatable bonds is 5. The predicted molar refractivity (Wildman–Crippen MR) is 93.2 cm³/mol. The van der Waals surface area contributed by atoms with Gasteiger partial charge in [0.05, 0.1) is 17.2 Å². The molecular formula is C18H25N3O. The highest BCUT2D eigenvalue weighted by atomic mass is 16.1. The van der Waals surface area contributed by atoms with Gasteiger partial charge in [-0.25, -0.2) is 4.98 Å². The summed E-state index contributed by atoms with van der Waals surface area (Å²) in [6, 6.07) is 4.09. The molecule has 1 heterocycles. The summed E-state index contributed by atoms with van der Waals surface area (Å²) in [5.74, 6) is 0. The molecular weight excluding hydrogens is 274 g/mol. The van der Waals surface area contributed by atoms with Crippen molar-refractivity contribution in [3.8, 4) is 0 Å². The molecule has 0 saturated heterocycles. The highest BCUT2D eigenvalue weighted by Crippen LogP contribution is 2.15. The second-order valence-electron chi connectivity index (χ2n) is 5.49. The van der Waals surface area contributed by atoms with Crippen molar-refractivity contribution in [2.45, 2.75) is 46.1 Å². The van der Waals surface area contributed by atoms with Gasteiger partial charge in [0.1, 0.15) is 0 Å². The van der Waals surface area contributed by atoms with E-state index in [-0.39, 0.29) is 11.6 Å². The van der Waals surface area contributed by atoms with E-state index in [2.05, 4.69) is 24.1 Å². The van der Waals surface area contributed by atoms with Gasteiger partial charge < -0.3 is 5.32 Å². The molecule has 1 atom stereocenters. The van der Waals surface area contributed by atoms with Crippen LogP contribution in [0.5, 0.6) is 0 Å². The maximum atomic E-state index is 12.8. The molecule has 22 heavy (non-hydrogen) atoms. The molecule has 1 aromatic heterocycles. The minimum absolute atomic E-state index is 0.0596. The monoisotopic (exact) mass is 299 g/mol. The fourth-order valence-electron chi connectivity index (χ4n) is 2.96. The average molecular weight is 299 g/mol. The molecule has 0 amide bonds. The van der Waals surface area contributed by atoms with Gasteiger partial charge in [-0.15, -0.1) is 0 Å². The molecule has 0 aliphatic carbocycles. The molecule has 118 valence electrons. The molecule has 2 aromatic rings. The van der Waals surface area contributed by atoms with Crippen molar-refractivity contribution in [1.29, 1.82) is 0 Å². The van der Waals surface area contributed by atoms with Gasteiger partial charge >= 0.3 is 0 Å². The number of fused-ring (bicyclic) bond motifs is 1. The molecule has 0 bridgehead atoms. The number of hydrogen-bond acceptors (Lipinski definition) is 3. The molecule has 2 rings (SSSR count). The minimum atomic E-state index is 0.0596. The number of nitrogens with zero attached hydrogens (tertiary/aromatic N) is 2. The molecule has 1 aromatic carbocycles. The van der Waals surface area contributed by atoms with Crippen LogP contribution in [-0.2, 0) is 0 Å². The molecule has 4 nitrogen and oxygen atoms in total. The van der Waals surface area contributed by atoms with Gasteiger partial charge in [-0.1, -0.05) is 32.4 Å². The summed E-state index contributed by atoms with van der Waals surface area (Å²) < 4.78 is 1.80. The minimum Gasteiger partial charge on any atom is -0.393 e. The van der Waals surface area contributed by atoms with E-state index in [0.29, 0.717) is 5.39 Å². The van der Waals surface area contributed by atoms with Crippen LogP contribution in [0.4, 0.5) is 0 Å². The normalized spacial score (nSPS) is 14.5. The molecule has 0 saturated carbocycles. The molecule has 1 N–H and O–H groups in total. The van der Waals surface area contributed by atoms with E-state index in [0.717, 1.165) is 35.2 Å². The fourth-order valence-corrected chi connectivity index (χ4v) is 2.96. The third kappa shape index (κ3) is 2.91. The van der Waals surface area contributed by atoms with E-state index in [9.17, 15) is 4.79 Å². The van der Waals surface area contributed by atoms with Gasteiger partial charge in [0, 0.05) is 24.5 Å². The molecule has 4 heteroatoms. The van der Waals surface area contributed by atoms with Gasteiger partial charge in [-0.3, -0.25) is 9.36 Å². The first-order valence-corrected chi connectivity index (χ1v) is 8.01. The fraction of sp³-hybridized carbons (Fsp3) is 0.444. The largest absolute Gasteiger partial charge is 0.393 e. The Hall–Kier alpha value is -2.10. The van der Waals surface area contributed by atoms with Crippen molar-refractivity contribution in [2.75, 3.05) is 7.05 Å². The van der Waals surface area contributed by atoms with Crippen LogP contribution in [0.15, 0.2) is 23.3 Å². The molecule has 0 radical (unpaired) electrons. The van der Waals surface area contributed by atoms with E-state index in [1.165, 1.54) is 0 Å². The second-order valence-corrected chi connectivity index (χ2v) is 5.49. The molecule has 0 spiro atoms. The zero-order valence-electron chi connectivity index (χ0n) is 13.9. The lowest BCUT2D eigenvalue weighted by Crippen LogP contribution is -2.32. The summed E-state index contributed by atoms with van der Waals surface area (Å²) >= 11 is 0. The van der Waals surface area contributed by atoms with E-state index < -0.39 is 0 Å². The lowest BCUT2D eigenvalue weighted by atomic mass is 10.1. The Morgan fingerprint density at radius 1 is 1.36 bits per heavy atom. The number of hydrogen-bond donors (Lipinski definition) is 1. The highest BCUT2D eigenvalue weighted by molar-refractivity contribution is 5.78. The van der Waals surface area contributed by atoms with E-state index in [1.54, 1.807) is 10.9 Å². The van der Waals surface area contributed by atoms with Crippen molar-refractivity contribution >= 4 is 23.2 Å². The number of nitrogens with one attached hydrogen (secondary N) is 1. The van der Waals surface area contributed by atoms with Gasteiger partial charge in [-0.2, -0.15) is 0 Å². The Morgan fingerprint density at radius 2 is 2.14 bits per heavy atom. The summed E-state index contributed by atoms with van der Waals surface area (Å²) in [5.41, 5.74) is 0.837. The van der Waals surface area contributed by atoms with E-state index in [1.807, 2.05) is 38.4 Å². The van der Waals surface area contributed by atoms with Crippen LogP contribution in [0.25, 0.3) is 23.2 Å². The Bertz CT molecular complexity index is 821. The second kappa shape index (κ2) is 7.25. The summed E-state index contributed by atoms with van der Waals surface area (Å²) in [6.45, 7) is 6.24. The lowest BCUT2D eigenvalue weighted by molar-refractivity contribution is 0.433. The number of benzene rings is 1. The van der Waals surface area contributed by atoms with Gasteiger partial charge in [-0.05, 0) is 31.1 Å². The van der Waals surface area contributed by atoms with E-state index >= 15 is 0 Å². The summed E-state index contributed by atoms with van der Waals surface area (Å²) in [5, 5.41) is 5.77. The predicted octanol–water partition coefficient (Wildman–Crippen LogP) is 1.91. The Morgan fingerprint density at radius 3 is 2.73 bits per heavy atom. The maximum absolute atomic E-state index is 12.8. The first-order valence-electron chi connectivity index (χ1n) is 8.01. The zero-order valence-corrected chi connectivity index (χ0v) is 13.9. The standard InChI is InChI=1S/C18H25N3O/c1-5-8-14(6-2)21-12-20-17-15(7-3)13(11-19-4)9-10-16(17)18(21)22/h7,9-12,14,19H,5-6,8H2,1-4H3/b13-11-,15-7+. The van der Waals surface area contributed by atoms with Crippen LogP contribution in [0.1, 0.15) is 46.1 Å². The Kier molecular flexibility index (Phi) is 5.36. The Labute approximate surface area is 131 Å². The molecule has 0 aliphatic heterocycles. The zero-order chi connectivity index (χ0) is 16.1. The van der Waals surface area contributed by atoms with Gasteiger partial charge in [0.15, 0.2) is 0 Å². The summed E-state index contributed by atoms with van der Waals surface area (Å²) in [6.07, 6.45) is 8.65. The highest BCUT2D eigenvalue weighted by Gasteiger charge is 2.12. The van der Waals surface area contributed by atoms with Crippen LogP contribution in [0.3, 0.4) is 0 Å². The number of aromatic nitrogens is 2. The topological polar surface area (TPSA) is 46.9 Å². The van der Waals surface area contributed by atoms with Crippen LogP contribution in [0.2, 0.25) is 0 Å². The molecule has 1 unspecified atom stereocenters. The average Bonchev–Trinajstić information content (AvgIpc) is 2.53. The summed E-state index contributed by atoms with van der Waals surface area (Å²) in [7, 11) is 1.87. The quantitative estimate of drug-likeness (QED) is 0.917. The van der Waals surface area contributed by atoms with Crippen molar-refractivity contribution in [3.05, 3.63) is 39.3 Å².